The summed E-state index contributed by atoms with van der Waals surface area (Å²) in [5.74, 6) is 2.75. The number of ether oxygens (including phenoxy) is 1. The van der Waals surface area contributed by atoms with Gasteiger partial charge in [-0.25, -0.2) is 9.97 Å². The van der Waals surface area contributed by atoms with Crippen LogP contribution >= 0.6 is 0 Å². The number of aromatic nitrogens is 2. The van der Waals surface area contributed by atoms with Crippen molar-refractivity contribution < 1.29 is 9.15 Å². The molecule has 2 aromatic heterocycles. The van der Waals surface area contributed by atoms with Crippen molar-refractivity contribution in [3.05, 3.63) is 42.1 Å². The van der Waals surface area contributed by atoms with E-state index < -0.39 is 0 Å². The number of hydrogen-bond acceptors (Lipinski definition) is 6. The predicted molar refractivity (Wildman–Crippen MR) is 95.3 cm³/mol. The summed E-state index contributed by atoms with van der Waals surface area (Å²) >= 11 is 0. The van der Waals surface area contributed by atoms with Crippen molar-refractivity contribution in [1.29, 1.82) is 0 Å². The maximum Gasteiger partial charge on any atom is 0.222 e. The van der Waals surface area contributed by atoms with Crippen molar-refractivity contribution >= 4 is 5.95 Å². The molecule has 2 aliphatic rings. The van der Waals surface area contributed by atoms with Crippen molar-refractivity contribution in [2.24, 2.45) is 0 Å². The van der Waals surface area contributed by atoms with E-state index in [1.165, 1.54) is 0 Å². The molecule has 4 rings (SSSR count). The van der Waals surface area contributed by atoms with E-state index in [4.69, 9.17) is 9.15 Å². The van der Waals surface area contributed by atoms with Crippen LogP contribution in [0.15, 0.2) is 35.0 Å². The molecule has 2 aliphatic heterocycles. The molecule has 0 saturated carbocycles. The summed E-state index contributed by atoms with van der Waals surface area (Å²) in [6, 6.07) is 6.34. The van der Waals surface area contributed by atoms with E-state index >= 15 is 0 Å². The fraction of sp³-hybridized carbons (Fsp3) is 0.579. The molecule has 1 N–H and O–H groups in total. The molecule has 6 heteroatoms. The molecule has 1 spiro atoms. The highest BCUT2D eigenvalue weighted by molar-refractivity contribution is 5.25. The molecule has 0 amide bonds. The van der Waals surface area contributed by atoms with Gasteiger partial charge in [-0.05, 0) is 50.8 Å². The highest BCUT2D eigenvalue weighted by Crippen LogP contribution is 2.36. The quantitative estimate of drug-likeness (QED) is 0.921. The van der Waals surface area contributed by atoms with E-state index in [0.717, 1.165) is 69.4 Å². The van der Waals surface area contributed by atoms with Gasteiger partial charge in [-0.15, -0.1) is 0 Å². The third-order valence-corrected chi connectivity index (χ3v) is 5.33. The first-order chi connectivity index (χ1) is 12.2. The van der Waals surface area contributed by atoms with Gasteiger partial charge < -0.3 is 14.5 Å². The Morgan fingerprint density at radius 1 is 1.24 bits per heavy atom. The molecular formula is C19H26N4O2. The summed E-state index contributed by atoms with van der Waals surface area (Å²) in [5.41, 5.74) is 0.000276. The minimum atomic E-state index is 0.000276. The Labute approximate surface area is 148 Å². The number of hydrogen-bond donors (Lipinski definition) is 1. The highest BCUT2D eigenvalue weighted by atomic mass is 16.5. The van der Waals surface area contributed by atoms with Gasteiger partial charge in [0.1, 0.15) is 11.5 Å². The largest absolute Gasteiger partial charge is 0.465 e. The number of rotatable bonds is 4. The van der Waals surface area contributed by atoms with E-state index in [2.05, 4.69) is 26.3 Å². The van der Waals surface area contributed by atoms with Crippen molar-refractivity contribution in [2.75, 3.05) is 25.0 Å². The molecule has 134 valence electrons. The van der Waals surface area contributed by atoms with Crippen LogP contribution in [0.3, 0.4) is 0 Å². The lowest BCUT2D eigenvalue weighted by Crippen LogP contribution is -2.51. The summed E-state index contributed by atoms with van der Waals surface area (Å²) in [7, 11) is 0. The van der Waals surface area contributed by atoms with Gasteiger partial charge in [-0.1, -0.05) is 0 Å². The molecule has 2 saturated heterocycles. The fourth-order valence-electron chi connectivity index (χ4n) is 3.96. The van der Waals surface area contributed by atoms with Crippen LogP contribution in [0.1, 0.15) is 37.2 Å². The van der Waals surface area contributed by atoms with Gasteiger partial charge in [-0.2, -0.15) is 0 Å². The zero-order valence-corrected chi connectivity index (χ0v) is 14.8. The normalized spacial score (nSPS) is 23.6. The molecule has 6 nitrogen and oxygen atoms in total. The molecule has 0 aliphatic carbocycles. The second-order valence-corrected chi connectivity index (χ2v) is 7.23. The first kappa shape index (κ1) is 16.5. The van der Waals surface area contributed by atoms with Crippen LogP contribution in [0.25, 0.3) is 0 Å². The van der Waals surface area contributed by atoms with Gasteiger partial charge in [0.25, 0.3) is 0 Å². The molecular weight excluding hydrogens is 316 g/mol. The predicted octanol–water partition coefficient (Wildman–Crippen LogP) is 3.00. The van der Waals surface area contributed by atoms with E-state index in [1.807, 2.05) is 19.1 Å². The molecule has 25 heavy (non-hydrogen) atoms. The maximum absolute atomic E-state index is 6.25. The van der Waals surface area contributed by atoms with Crippen LogP contribution in [-0.4, -0.2) is 46.2 Å². The number of likely N-dealkylation sites (tertiary alicyclic amines) is 1. The highest BCUT2D eigenvalue weighted by Gasteiger charge is 2.40. The lowest BCUT2D eigenvalue weighted by atomic mass is 9.82. The zero-order chi connectivity index (χ0) is 17.1. The van der Waals surface area contributed by atoms with Gasteiger partial charge in [-0.3, -0.25) is 4.90 Å². The van der Waals surface area contributed by atoms with Crippen LogP contribution in [0.4, 0.5) is 5.95 Å². The summed E-state index contributed by atoms with van der Waals surface area (Å²) in [6.45, 7) is 5.79. The number of piperidine rings is 1. The Balaban J connectivity index is 1.32. The smallest absolute Gasteiger partial charge is 0.222 e. The Morgan fingerprint density at radius 3 is 2.76 bits per heavy atom. The van der Waals surface area contributed by atoms with E-state index in [-0.39, 0.29) is 5.60 Å². The Bertz CT molecular complexity index is 680. The van der Waals surface area contributed by atoms with E-state index in [9.17, 15) is 0 Å². The number of nitrogens with one attached hydrogen (secondary N) is 1. The minimum absolute atomic E-state index is 0.000276. The molecule has 4 heterocycles. The van der Waals surface area contributed by atoms with Crippen LogP contribution in [0.5, 0.6) is 0 Å². The molecule has 0 bridgehead atoms. The monoisotopic (exact) mass is 342 g/mol. The number of aryl methyl sites for hydroxylation is 1. The lowest BCUT2D eigenvalue weighted by molar-refractivity contribution is -0.115. The maximum atomic E-state index is 6.25. The van der Waals surface area contributed by atoms with Crippen LogP contribution in [0, 0.1) is 6.92 Å². The Kier molecular flexibility index (Phi) is 4.72. The van der Waals surface area contributed by atoms with Gasteiger partial charge >= 0.3 is 0 Å². The SMILES string of the molecule is Cc1ccc(CN2CCC3(CC2)CC(Nc2ncccn2)CCO3)o1. The average molecular weight is 342 g/mol. The van der Waals surface area contributed by atoms with Crippen molar-refractivity contribution in [3.8, 4) is 0 Å². The second kappa shape index (κ2) is 7.14. The second-order valence-electron chi connectivity index (χ2n) is 7.23. The topological polar surface area (TPSA) is 63.4 Å². The fourth-order valence-corrected chi connectivity index (χ4v) is 3.96. The Morgan fingerprint density at radius 2 is 2.04 bits per heavy atom. The molecule has 2 fully saturated rings. The molecule has 0 radical (unpaired) electrons. The third kappa shape index (κ3) is 4.02. The van der Waals surface area contributed by atoms with Crippen molar-refractivity contribution in [2.45, 2.75) is 50.8 Å². The molecule has 1 atom stereocenters. The first-order valence-electron chi connectivity index (χ1n) is 9.16. The van der Waals surface area contributed by atoms with E-state index in [1.54, 1.807) is 12.4 Å². The standard InChI is InChI=1S/C19H26N4O2/c1-15-3-4-17(25-15)14-23-10-6-19(7-11-23)13-16(5-12-24-19)22-18-20-8-2-9-21-18/h2-4,8-9,16H,5-7,10-14H2,1H3,(H,20,21,22). The van der Waals surface area contributed by atoms with Gasteiger partial charge in [0.15, 0.2) is 0 Å². The third-order valence-electron chi connectivity index (χ3n) is 5.33. The molecule has 0 aromatic carbocycles. The van der Waals surface area contributed by atoms with Crippen molar-refractivity contribution in [3.63, 3.8) is 0 Å². The summed E-state index contributed by atoms with van der Waals surface area (Å²) in [6.07, 6.45) is 7.73. The Hall–Kier alpha value is -1.92. The van der Waals surface area contributed by atoms with Gasteiger partial charge in [0.05, 0.1) is 12.1 Å². The van der Waals surface area contributed by atoms with Gasteiger partial charge in [0, 0.05) is 38.1 Å². The average Bonchev–Trinajstić information content (AvgIpc) is 3.03. The number of furan rings is 1. The molecule has 2 aromatic rings. The first-order valence-corrected chi connectivity index (χ1v) is 9.16. The summed E-state index contributed by atoms with van der Waals surface area (Å²) in [5, 5.41) is 3.48. The summed E-state index contributed by atoms with van der Waals surface area (Å²) in [4.78, 5) is 11.0. The van der Waals surface area contributed by atoms with Crippen LogP contribution < -0.4 is 5.32 Å². The number of anilines is 1. The van der Waals surface area contributed by atoms with Crippen molar-refractivity contribution in [1.82, 2.24) is 14.9 Å². The summed E-state index contributed by atoms with van der Waals surface area (Å²) < 4.78 is 12.0. The minimum Gasteiger partial charge on any atom is -0.465 e. The van der Waals surface area contributed by atoms with Crippen LogP contribution in [0.2, 0.25) is 0 Å². The van der Waals surface area contributed by atoms with Gasteiger partial charge in [0.2, 0.25) is 5.95 Å². The lowest BCUT2D eigenvalue weighted by Gasteiger charge is -2.46. The molecule has 1 unspecified atom stereocenters. The zero-order valence-electron chi connectivity index (χ0n) is 14.8. The van der Waals surface area contributed by atoms with Crippen LogP contribution in [-0.2, 0) is 11.3 Å². The van der Waals surface area contributed by atoms with E-state index in [0.29, 0.717) is 6.04 Å². The number of nitrogens with zero attached hydrogens (tertiary/aromatic N) is 3.